The summed E-state index contributed by atoms with van der Waals surface area (Å²) in [5.41, 5.74) is 6.33. The van der Waals surface area contributed by atoms with Crippen molar-refractivity contribution in [2.24, 2.45) is 5.73 Å². The number of carbonyl (C=O) groups is 2. The third-order valence-corrected chi connectivity index (χ3v) is 5.11. The second-order valence-electron chi connectivity index (χ2n) is 7.29. The minimum atomic E-state index is -0.737. The number of hydrogen-bond donors (Lipinski definition) is 2. The summed E-state index contributed by atoms with van der Waals surface area (Å²) in [6.45, 7) is 3.58. The number of nitrogens with one attached hydrogen (secondary N) is 1. The van der Waals surface area contributed by atoms with Gasteiger partial charge < -0.3 is 16.0 Å². The molecule has 3 heterocycles. The van der Waals surface area contributed by atoms with E-state index in [1.54, 1.807) is 6.20 Å². The molecular weight excluding hydrogens is 396 g/mol. The van der Waals surface area contributed by atoms with Gasteiger partial charge in [0.15, 0.2) is 11.5 Å². The highest BCUT2D eigenvalue weighted by Crippen LogP contribution is 2.16. The molecule has 0 radical (unpaired) electrons. The molecule has 2 aromatic heterocycles. The van der Waals surface area contributed by atoms with E-state index in [0.717, 1.165) is 37.6 Å². The molecule has 0 unspecified atom stereocenters. The summed E-state index contributed by atoms with van der Waals surface area (Å²) in [6.07, 6.45) is 1.78. The molecule has 1 fully saturated rings. The van der Waals surface area contributed by atoms with E-state index in [2.05, 4.69) is 30.4 Å². The van der Waals surface area contributed by atoms with Gasteiger partial charge in [0.1, 0.15) is 5.82 Å². The summed E-state index contributed by atoms with van der Waals surface area (Å²) in [4.78, 5) is 33.1. The number of anilines is 2. The number of primary amides is 1. The number of amides is 2. The van der Waals surface area contributed by atoms with E-state index < -0.39 is 5.91 Å². The van der Waals surface area contributed by atoms with Crippen LogP contribution in [0, 0.1) is 0 Å². The number of aromatic nitrogens is 4. The number of nitrogens with two attached hydrogens (primary N) is 1. The van der Waals surface area contributed by atoms with Crippen LogP contribution in [0.15, 0.2) is 54.7 Å². The van der Waals surface area contributed by atoms with Crippen molar-refractivity contribution in [2.75, 3.05) is 42.9 Å². The molecule has 1 aliphatic rings. The first-order valence-electron chi connectivity index (χ1n) is 10.1. The monoisotopic (exact) mass is 420 g/mol. The molecule has 10 heteroatoms. The van der Waals surface area contributed by atoms with E-state index >= 15 is 0 Å². The van der Waals surface area contributed by atoms with Gasteiger partial charge in [-0.2, -0.15) is 0 Å². The Morgan fingerprint density at radius 2 is 1.74 bits per heavy atom. The topological polar surface area (TPSA) is 122 Å². The highest BCUT2D eigenvalue weighted by molar-refractivity contribution is 6.00. The van der Waals surface area contributed by atoms with Gasteiger partial charge >= 0.3 is 0 Å². The van der Waals surface area contributed by atoms with Crippen LogP contribution in [0.25, 0.3) is 0 Å². The van der Waals surface area contributed by atoms with Crippen molar-refractivity contribution in [3.05, 3.63) is 66.0 Å². The van der Waals surface area contributed by atoms with Crippen molar-refractivity contribution < 1.29 is 9.59 Å². The Morgan fingerprint density at radius 3 is 2.42 bits per heavy atom. The number of hydrogen-bond acceptors (Lipinski definition) is 7. The lowest BCUT2D eigenvalue weighted by atomic mass is 10.2. The first-order valence-corrected chi connectivity index (χ1v) is 10.1. The Morgan fingerprint density at radius 1 is 1.00 bits per heavy atom. The second kappa shape index (κ2) is 9.35. The summed E-state index contributed by atoms with van der Waals surface area (Å²) in [5, 5.41) is 10.6. The molecule has 0 bridgehead atoms. The molecule has 0 aliphatic carbocycles. The highest BCUT2D eigenvalue weighted by Gasteiger charge is 2.23. The van der Waals surface area contributed by atoms with Gasteiger partial charge in [-0.25, -0.2) is 9.67 Å². The van der Waals surface area contributed by atoms with E-state index in [4.69, 9.17) is 5.73 Å². The van der Waals surface area contributed by atoms with Crippen LogP contribution in [0.1, 0.15) is 16.1 Å². The SMILES string of the molecule is NC(=O)c1nnn(Cc2ccccc2)c1NC(=O)CN1CCN(c2ccccn2)CC1. The number of rotatable bonds is 7. The van der Waals surface area contributed by atoms with Crippen LogP contribution in [0.2, 0.25) is 0 Å². The third-order valence-electron chi connectivity index (χ3n) is 5.11. The maximum absolute atomic E-state index is 12.7. The van der Waals surface area contributed by atoms with Crippen LogP contribution >= 0.6 is 0 Å². The Hall–Kier alpha value is -3.79. The van der Waals surface area contributed by atoms with E-state index in [1.165, 1.54) is 4.68 Å². The standard InChI is InChI=1S/C21H24N8O2/c22-20(31)19-21(29(26-25-19)14-16-6-2-1-3-7-16)24-18(30)15-27-10-12-28(13-11-27)17-8-4-5-9-23-17/h1-9H,10-15H2,(H2,22,31)(H,24,30). The molecular formula is C21H24N8O2. The zero-order valence-corrected chi connectivity index (χ0v) is 17.0. The lowest BCUT2D eigenvalue weighted by Gasteiger charge is -2.34. The Labute approximate surface area is 179 Å². The molecule has 10 nitrogen and oxygen atoms in total. The van der Waals surface area contributed by atoms with Crippen LogP contribution in [-0.4, -0.2) is 69.4 Å². The predicted molar refractivity (Wildman–Crippen MR) is 116 cm³/mol. The summed E-state index contributed by atoms with van der Waals surface area (Å²) >= 11 is 0. The fourth-order valence-electron chi connectivity index (χ4n) is 3.52. The molecule has 0 atom stereocenters. The van der Waals surface area contributed by atoms with E-state index in [9.17, 15) is 9.59 Å². The van der Waals surface area contributed by atoms with Gasteiger partial charge in [0.2, 0.25) is 5.91 Å². The first kappa shape index (κ1) is 20.5. The molecule has 1 saturated heterocycles. The van der Waals surface area contributed by atoms with Crippen molar-refractivity contribution in [1.82, 2.24) is 24.9 Å². The summed E-state index contributed by atoms with van der Waals surface area (Å²) in [7, 11) is 0. The smallest absolute Gasteiger partial charge is 0.273 e. The maximum Gasteiger partial charge on any atom is 0.273 e. The van der Waals surface area contributed by atoms with Crippen LogP contribution in [0.4, 0.5) is 11.6 Å². The van der Waals surface area contributed by atoms with Crippen LogP contribution in [0.3, 0.4) is 0 Å². The largest absolute Gasteiger partial charge is 0.364 e. The molecule has 31 heavy (non-hydrogen) atoms. The lowest BCUT2D eigenvalue weighted by Crippen LogP contribution is -2.49. The molecule has 1 aliphatic heterocycles. The van der Waals surface area contributed by atoms with E-state index in [0.29, 0.717) is 6.54 Å². The van der Waals surface area contributed by atoms with Gasteiger partial charge in [-0.1, -0.05) is 41.6 Å². The fourth-order valence-corrected chi connectivity index (χ4v) is 3.52. The predicted octanol–water partition coefficient (Wildman–Crippen LogP) is 0.581. The van der Waals surface area contributed by atoms with Gasteiger partial charge in [-0.3, -0.25) is 14.5 Å². The zero-order chi connectivity index (χ0) is 21.6. The Kier molecular flexibility index (Phi) is 6.18. The lowest BCUT2D eigenvalue weighted by molar-refractivity contribution is -0.117. The van der Waals surface area contributed by atoms with Gasteiger partial charge in [-0.05, 0) is 17.7 Å². The number of nitrogens with zero attached hydrogens (tertiary/aromatic N) is 6. The van der Waals surface area contributed by atoms with Gasteiger partial charge in [0, 0.05) is 32.4 Å². The number of piperazine rings is 1. The molecule has 3 aromatic rings. The third kappa shape index (κ3) is 5.04. The van der Waals surface area contributed by atoms with Crippen molar-refractivity contribution in [1.29, 1.82) is 0 Å². The van der Waals surface area contributed by atoms with Gasteiger partial charge in [0.25, 0.3) is 5.91 Å². The molecule has 0 saturated carbocycles. The molecule has 2 amide bonds. The maximum atomic E-state index is 12.7. The van der Waals surface area contributed by atoms with Crippen LogP contribution in [0.5, 0.6) is 0 Å². The number of benzene rings is 1. The minimum Gasteiger partial charge on any atom is -0.364 e. The highest BCUT2D eigenvalue weighted by atomic mass is 16.2. The average molecular weight is 420 g/mol. The van der Waals surface area contributed by atoms with Gasteiger partial charge in [-0.15, -0.1) is 5.10 Å². The molecule has 1 aromatic carbocycles. The van der Waals surface area contributed by atoms with Crippen molar-refractivity contribution in [3.8, 4) is 0 Å². The summed E-state index contributed by atoms with van der Waals surface area (Å²) in [6, 6.07) is 15.4. The van der Waals surface area contributed by atoms with Crippen LogP contribution in [-0.2, 0) is 11.3 Å². The minimum absolute atomic E-state index is 0.0516. The molecule has 4 rings (SSSR count). The quantitative estimate of drug-likeness (QED) is 0.573. The number of pyridine rings is 1. The summed E-state index contributed by atoms with van der Waals surface area (Å²) < 4.78 is 1.48. The van der Waals surface area contributed by atoms with Crippen molar-refractivity contribution in [3.63, 3.8) is 0 Å². The van der Waals surface area contributed by atoms with E-state index in [-0.39, 0.29) is 24.0 Å². The Bertz CT molecular complexity index is 1030. The molecule has 3 N–H and O–H groups in total. The molecule has 0 spiro atoms. The van der Waals surface area contributed by atoms with Crippen molar-refractivity contribution >= 4 is 23.5 Å². The van der Waals surface area contributed by atoms with E-state index in [1.807, 2.05) is 48.5 Å². The zero-order valence-electron chi connectivity index (χ0n) is 17.0. The second-order valence-corrected chi connectivity index (χ2v) is 7.29. The van der Waals surface area contributed by atoms with Crippen LogP contribution < -0.4 is 16.0 Å². The normalized spacial score (nSPS) is 14.4. The Balaban J connectivity index is 1.38. The fraction of sp³-hybridized carbons (Fsp3) is 0.286. The van der Waals surface area contributed by atoms with Crippen molar-refractivity contribution in [2.45, 2.75) is 6.54 Å². The summed E-state index contributed by atoms with van der Waals surface area (Å²) in [5.74, 6) is 0.172. The first-order chi connectivity index (χ1) is 15.1. The number of carbonyl (C=O) groups excluding carboxylic acids is 2. The average Bonchev–Trinajstić information content (AvgIpc) is 3.18. The molecule has 160 valence electrons. The van der Waals surface area contributed by atoms with Gasteiger partial charge in [0.05, 0.1) is 13.1 Å².